The van der Waals surface area contributed by atoms with Crippen molar-refractivity contribution in [2.24, 2.45) is 4.99 Å². The van der Waals surface area contributed by atoms with Crippen LogP contribution >= 0.6 is 0 Å². The third-order valence-corrected chi connectivity index (χ3v) is 3.85. The Bertz CT molecular complexity index is 791. The van der Waals surface area contributed by atoms with E-state index in [0.717, 1.165) is 11.1 Å². The molecule has 1 aromatic carbocycles. The summed E-state index contributed by atoms with van der Waals surface area (Å²) in [4.78, 5) is 8.44. The van der Waals surface area contributed by atoms with Crippen LogP contribution < -0.4 is 15.4 Å². The second-order valence-electron chi connectivity index (χ2n) is 6.88. The minimum absolute atomic E-state index is 0.0750. The summed E-state index contributed by atoms with van der Waals surface area (Å²) in [5, 5.41) is 6.39. The molecule has 30 heavy (non-hydrogen) atoms. The summed E-state index contributed by atoms with van der Waals surface area (Å²) in [6.07, 6.45) is -2.49. The third kappa shape index (κ3) is 9.13. The maximum atomic E-state index is 12.1. The maximum Gasteiger partial charge on any atom is 0.411 e. The lowest BCUT2D eigenvalue weighted by Crippen LogP contribution is -2.36. The van der Waals surface area contributed by atoms with E-state index in [1.54, 1.807) is 25.4 Å². The Morgan fingerprint density at radius 1 is 1.00 bits per heavy atom. The third-order valence-electron chi connectivity index (χ3n) is 3.85. The number of nitrogens with zero attached hydrogens (tertiary/aromatic N) is 2. The van der Waals surface area contributed by atoms with Gasteiger partial charge in [0.25, 0.3) is 0 Å². The summed E-state index contributed by atoms with van der Waals surface area (Å²) in [6.45, 7) is 3.63. The van der Waals surface area contributed by atoms with Gasteiger partial charge in [-0.15, -0.1) is 0 Å². The van der Waals surface area contributed by atoms with Crippen LogP contribution in [0.15, 0.2) is 47.6 Å². The average Bonchev–Trinajstić information content (AvgIpc) is 2.69. The molecule has 164 valence electrons. The van der Waals surface area contributed by atoms with E-state index >= 15 is 0 Å². The molecule has 2 N–H and O–H groups in total. The van der Waals surface area contributed by atoms with Crippen molar-refractivity contribution in [1.82, 2.24) is 15.6 Å². The summed E-state index contributed by atoms with van der Waals surface area (Å²) >= 11 is 0. The van der Waals surface area contributed by atoms with E-state index in [1.165, 1.54) is 0 Å². The highest BCUT2D eigenvalue weighted by Crippen LogP contribution is 2.16. The van der Waals surface area contributed by atoms with E-state index in [4.69, 9.17) is 4.74 Å². The van der Waals surface area contributed by atoms with Crippen LogP contribution in [0.25, 0.3) is 0 Å². The van der Waals surface area contributed by atoms with E-state index in [1.807, 2.05) is 38.1 Å². The Balaban J connectivity index is 1.75. The number of aromatic nitrogens is 1. The van der Waals surface area contributed by atoms with Crippen LogP contribution in [0.5, 0.6) is 5.88 Å². The molecule has 0 aliphatic carbocycles. The first-order valence-electron chi connectivity index (χ1n) is 9.53. The van der Waals surface area contributed by atoms with Crippen LogP contribution in [0, 0.1) is 0 Å². The molecule has 6 nitrogen and oxygen atoms in total. The smallest absolute Gasteiger partial charge is 0.411 e. The van der Waals surface area contributed by atoms with Gasteiger partial charge in [0.05, 0.1) is 12.7 Å². The summed E-state index contributed by atoms with van der Waals surface area (Å²) in [5.41, 5.74) is 2.63. The van der Waals surface area contributed by atoms with Gasteiger partial charge in [0, 0.05) is 32.4 Å². The van der Waals surface area contributed by atoms with E-state index in [9.17, 15) is 13.2 Å². The Morgan fingerprint density at radius 2 is 1.60 bits per heavy atom. The summed E-state index contributed by atoms with van der Waals surface area (Å²) in [6, 6.07) is 10.9. The Labute approximate surface area is 174 Å². The van der Waals surface area contributed by atoms with Gasteiger partial charge in [-0.05, 0) is 30.5 Å². The highest BCUT2D eigenvalue weighted by Gasteiger charge is 2.27. The van der Waals surface area contributed by atoms with Gasteiger partial charge in [0.2, 0.25) is 5.88 Å². The molecule has 0 atom stereocenters. The highest BCUT2D eigenvalue weighted by molar-refractivity contribution is 5.79. The Kier molecular flexibility index (Phi) is 8.91. The molecule has 0 aliphatic rings. The number of hydrogen-bond donors (Lipinski definition) is 2. The number of nitrogens with one attached hydrogen (secondary N) is 2. The van der Waals surface area contributed by atoms with Crippen LogP contribution in [0.3, 0.4) is 0 Å². The number of benzene rings is 1. The number of halogens is 3. The standard InChI is InChI=1S/C21H27F3N4O2/c1-15(2)30-19-9-8-18(11-26-19)12-28-20(25-3)27-10-16-4-6-17(7-5-16)13-29-14-21(22,23)24/h4-9,11,15H,10,12-14H2,1-3H3,(H2,25,27,28). The number of guanidine groups is 1. The molecule has 0 unspecified atom stereocenters. The summed E-state index contributed by atoms with van der Waals surface area (Å²) in [5.74, 6) is 1.21. The quantitative estimate of drug-likeness (QED) is 0.473. The summed E-state index contributed by atoms with van der Waals surface area (Å²) < 4.78 is 46.5. The molecule has 9 heteroatoms. The topological polar surface area (TPSA) is 67.8 Å². The van der Waals surface area contributed by atoms with Gasteiger partial charge >= 0.3 is 6.18 Å². The molecule has 1 aromatic heterocycles. The number of alkyl halides is 3. The van der Waals surface area contributed by atoms with Crippen LogP contribution in [0.4, 0.5) is 13.2 Å². The van der Waals surface area contributed by atoms with Gasteiger partial charge < -0.3 is 20.1 Å². The van der Waals surface area contributed by atoms with Gasteiger partial charge in [-0.3, -0.25) is 4.99 Å². The first kappa shape index (κ1) is 23.5. The molecule has 0 fully saturated rings. The van der Waals surface area contributed by atoms with Crippen LogP contribution in [0.1, 0.15) is 30.5 Å². The number of aliphatic imine (C=N–C) groups is 1. The molecular weight excluding hydrogens is 397 g/mol. The fourth-order valence-electron chi connectivity index (χ4n) is 2.46. The molecule has 0 saturated carbocycles. The molecule has 2 aromatic rings. The molecule has 0 saturated heterocycles. The molecule has 0 aliphatic heterocycles. The van der Waals surface area contributed by atoms with Crippen molar-refractivity contribution in [3.05, 3.63) is 59.3 Å². The van der Waals surface area contributed by atoms with Crippen molar-refractivity contribution in [2.45, 2.75) is 45.8 Å². The van der Waals surface area contributed by atoms with Crippen molar-refractivity contribution in [2.75, 3.05) is 13.7 Å². The first-order valence-corrected chi connectivity index (χ1v) is 9.53. The van der Waals surface area contributed by atoms with Crippen LogP contribution in [-0.4, -0.2) is 36.9 Å². The van der Waals surface area contributed by atoms with Crippen LogP contribution in [-0.2, 0) is 24.4 Å². The predicted molar refractivity (Wildman–Crippen MR) is 109 cm³/mol. The van der Waals surface area contributed by atoms with Gasteiger partial charge in [0.15, 0.2) is 5.96 Å². The second kappa shape index (κ2) is 11.4. The van der Waals surface area contributed by atoms with Crippen molar-refractivity contribution in [1.29, 1.82) is 0 Å². The maximum absolute atomic E-state index is 12.1. The predicted octanol–water partition coefficient (Wildman–Crippen LogP) is 3.81. The van der Waals surface area contributed by atoms with Gasteiger partial charge in [-0.1, -0.05) is 30.3 Å². The van der Waals surface area contributed by atoms with Crippen molar-refractivity contribution >= 4 is 5.96 Å². The van der Waals surface area contributed by atoms with Crippen LogP contribution in [0.2, 0.25) is 0 Å². The largest absolute Gasteiger partial charge is 0.475 e. The number of ether oxygens (including phenoxy) is 2. The number of rotatable bonds is 9. The van der Waals surface area contributed by atoms with Gasteiger partial charge in [-0.2, -0.15) is 13.2 Å². The molecule has 0 amide bonds. The number of hydrogen-bond acceptors (Lipinski definition) is 4. The Morgan fingerprint density at radius 3 is 2.13 bits per heavy atom. The zero-order valence-corrected chi connectivity index (χ0v) is 17.3. The minimum Gasteiger partial charge on any atom is -0.475 e. The normalized spacial score (nSPS) is 12.2. The first-order chi connectivity index (χ1) is 14.2. The van der Waals surface area contributed by atoms with E-state index in [-0.39, 0.29) is 12.7 Å². The van der Waals surface area contributed by atoms with Crippen molar-refractivity contribution in [3.63, 3.8) is 0 Å². The average molecular weight is 424 g/mol. The SMILES string of the molecule is CN=C(NCc1ccc(COCC(F)(F)F)cc1)NCc1ccc(OC(C)C)nc1. The lowest BCUT2D eigenvalue weighted by Gasteiger charge is -2.13. The van der Waals surface area contributed by atoms with E-state index < -0.39 is 12.8 Å². The fourth-order valence-corrected chi connectivity index (χ4v) is 2.46. The molecule has 0 radical (unpaired) electrons. The highest BCUT2D eigenvalue weighted by atomic mass is 19.4. The molecule has 0 bridgehead atoms. The molecule has 2 rings (SSSR count). The zero-order chi connectivity index (χ0) is 22.0. The Hall–Kier alpha value is -2.81. The zero-order valence-electron chi connectivity index (χ0n) is 17.3. The number of pyridine rings is 1. The van der Waals surface area contributed by atoms with Gasteiger partial charge in [-0.25, -0.2) is 4.98 Å². The molecule has 1 heterocycles. The van der Waals surface area contributed by atoms with E-state index in [0.29, 0.717) is 30.5 Å². The lowest BCUT2D eigenvalue weighted by molar-refractivity contribution is -0.176. The molecular formula is C21H27F3N4O2. The monoisotopic (exact) mass is 424 g/mol. The minimum atomic E-state index is -4.31. The second-order valence-corrected chi connectivity index (χ2v) is 6.88. The van der Waals surface area contributed by atoms with Crippen molar-refractivity contribution < 1.29 is 22.6 Å². The lowest BCUT2D eigenvalue weighted by atomic mass is 10.1. The van der Waals surface area contributed by atoms with Crippen molar-refractivity contribution in [3.8, 4) is 5.88 Å². The summed E-state index contributed by atoms with van der Waals surface area (Å²) in [7, 11) is 1.67. The van der Waals surface area contributed by atoms with E-state index in [2.05, 4.69) is 25.3 Å². The fraction of sp³-hybridized carbons (Fsp3) is 0.429. The molecule has 0 spiro atoms. The van der Waals surface area contributed by atoms with Gasteiger partial charge in [0.1, 0.15) is 6.61 Å².